The summed E-state index contributed by atoms with van der Waals surface area (Å²) in [6.07, 6.45) is 10.8. The molecule has 0 aromatic carbocycles. The zero-order chi connectivity index (χ0) is 17.6. The molecule has 26 heavy (non-hydrogen) atoms. The van der Waals surface area contributed by atoms with Gasteiger partial charge >= 0.3 is 0 Å². The van der Waals surface area contributed by atoms with Crippen LogP contribution in [0.3, 0.4) is 0 Å². The number of rotatable bonds is 2. The number of likely N-dealkylation sites (tertiary alicyclic amines) is 1. The Morgan fingerprint density at radius 2 is 2.00 bits per heavy atom. The first kappa shape index (κ1) is 16.8. The molecule has 1 aromatic rings. The van der Waals surface area contributed by atoms with Gasteiger partial charge in [0.15, 0.2) is 0 Å². The third-order valence-corrected chi connectivity index (χ3v) is 7.39. The molecule has 6 heteroatoms. The van der Waals surface area contributed by atoms with E-state index in [0.29, 0.717) is 11.9 Å². The number of hydrogen-bond donors (Lipinski definition) is 2. The van der Waals surface area contributed by atoms with Crippen LogP contribution < -0.4 is 5.32 Å². The molecule has 0 bridgehead atoms. The van der Waals surface area contributed by atoms with Crippen molar-refractivity contribution < 1.29 is 4.79 Å². The summed E-state index contributed by atoms with van der Waals surface area (Å²) in [6, 6.07) is 0.666. The highest BCUT2D eigenvalue weighted by Crippen LogP contribution is 2.44. The molecule has 3 fully saturated rings. The molecule has 1 aromatic heterocycles. The van der Waals surface area contributed by atoms with Crippen molar-refractivity contribution in [2.75, 3.05) is 32.7 Å². The fraction of sp³-hybridized carbons (Fsp3) is 0.800. The predicted octanol–water partition coefficient (Wildman–Crippen LogP) is 1.64. The fourth-order valence-electron chi connectivity index (χ4n) is 5.59. The zero-order valence-corrected chi connectivity index (χ0v) is 15.7. The third-order valence-electron chi connectivity index (χ3n) is 7.39. The zero-order valence-electron chi connectivity index (χ0n) is 15.7. The molecular weight excluding hydrogens is 326 g/mol. The van der Waals surface area contributed by atoms with Gasteiger partial charge in [-0.15, -0.1) is 0 Å². The average Bonchev–Trinajstić information content (AvgIpc) is 3.12. The minimum absolute atomic E-state index is 0.168. The molecular formula is C20H31N5O. The van der Waals surface area contributed by atoms with Crippen LogP contribution in [0.15, 0.2) is 6.33 Å². The van der Waals surface area contributed by atoms with E-state index in [0.717, 1.165) is 70.5 Å². The van der Waals surface area contributed by atoms with Gasteiger partial charge in [0, 0.05) is 50.3 Å². The Labute approximate surface area is 155 Å². The van der Waals surface area contributed by atoms with Crippen LogP contribution in [0.1, 0.15) is 56.3 Å². The summed E-state index contributed by atoms with van der Waals surface area (Å²) in [7, 11) is 0. The van der Waals surface area contributed by atoms with Crippen molar-refractivity contribution in [2.45, 2.75) is 62.9 Å². The number of hydrogen-bond acceptors (Lipinski definition) is 4. The van der Waals surface area contributed by atoms with Gasteiger partial charge < -0.3 is 15.2 Å². The number of aromatic nitrogens is 2. The van der Waals surface area contributed by atoms with E-state index in [2.05, 4.69) is 20.1 Å². The van der Waals surface area contributed by atoms with E-state index in [1.54, 1.807) is 0 Å². The normalized spacial score (nSPS) is 29.4. The lowest BCUT2D eigenvalue weighted by Crippen LogP contribution is -2.61. The Morgan fingerprint density at radius 1 is 1.15 bits per heavy atom. The Hall–Kier alpha value is -1.40. The molecule has 1 aliphatic carbocycles. The molecule has 2 saturated heterocycles. The molecule has 0 radical (unpaired) electrons. The molecule has 1 amide bonds. The van der Waals surface area contributed by atoms with E-state index in [4.69, 9.17) is 4.98 Å². The quantitative estimate of drug-likeness (QED) is 0.845. The lowest BCUT2D eigenvalue weighted by molar-refractivity contribution is -0.149. The number of imidazole rings is 1. The Morgan fingerprint density at radius 3 is 2.69 bits per heavy atom. The average molecular weight is 358 g/mol. The summed E-state index contributed by atoms with van der Waals surface area (Å²) >= 11 is 0. The van der Waals surface area contributed by atoms with E-state index in [9.17, 15) is 4.79 Å². The number of amides is 1. The van der Waals surface area contributed by atoms with Crippen LogP contribution in [0.5, 0.6) is 0 Å². The van der Waals surface area contributed by atoms with Gasteiger partial charge in [0.05, 0.1) is 17.6 Å². The summed E-state index contributed by atoms with van der Waals surface area (Å²) in [5, 5.41) is 3.55. The minimum Gasteiger partial charge on any atom is -0.348 e. The van der Waals surface area contributed by atoms with E-state index >= 15 is 0 Å². The molecule has 1 spiro atoms. The maximum absolute atomic E-state index is 13.2. The van der Waals surface area contributed by atoms with E-state index in [-0.39, 0.29) is 11.5 Å². The van der Waals surface area contributed by atoms with E-state index < -0.39 is 0 Å². The van der Waals surface area contributed by atoms with Crippen molar-refractivity contribution in [3.8, 4) is 0 Å². The van der Waals surface area contributed by atoms with Crippen LogP contribution in [0.4, 0.5) is 0 Å². The SMILES string of the molecule is O=C(C1CCC1)N1CCc2[nH]cnc2C12CCN(C1CCCNC1)CC2. The summed E-state index contributed by atoms with van der Waals surface area (Å²) in [5.74, 6) is 0.672. The molecule has 2 N–H and O–H groups in total. The molecule has 4 aliphatic rings. The number of nitrogens with one attached hydrogen (secondary N) is 2. The second-order valence-corrected chi connectivity index (χ2v) is 8.67. The smallest absolute Gasteiger partial charge is 0.226 e. The van der Waals surface area contributed by atoms with Crippen molar-refractivity contribution in [1.82, 2.24) is 25.1 Å². The summed E-state index contributed by atoms with van der Waals surface area (Å²) in [4.78, 5) is 26.2. The molecule has 3 aliphatic heterocycles. The second kappa shape index (κ2) is 6.64. The molecule has 6 nitrogen and oxygen atoms in total. The predicted molar refractivity (Wildman–Crippen MR) is 99.7 cm³/mol. The lowest BCUT2D eigenvalue weighted by atomic mass is 9.75. The molecule has 1 unspecified atom stereocenters. The van der Waals surface area contributed by atoms with Gasteiger partial charge in [-0.25, -0.2) is 4.98 Å². The minimum atomic E-state index is -0.168. The van der Waals surface area contributed by atoms with Crippen LogP contribution in [-0.4, -0.2) is 64.4 Å². The van der Waals surface area contributed by atoms with Gasteiger partial charge in [-0.2, -0.15) is 0 Å². The fourth-order valence-corrected chi connectivity index (χ4v) is 5.59. The highest BCUT2D eigenvalue weighted by atomic mass is 16.2. The Balaban J connectivity index is 1.39. The maximum Gasteiger partial charge on any atom is 0.226 e. The van der Waals surface area contributed by atoms with E-state index in [1.165, 1.54) is 25.0 Å². The lowest BCUT2D eigenvalue weighted by Gasteiger charge is -2.53. The van der Waals surface area contributed by atoms with Crippen LogP contribution in [0.25, 0.3) is 0 Å². The summed E-state index contributed by atoms with van der Waals surface area (Å²) < 4.78 is 0. The topological polar surface area (TPSA) is 64.3 Å². The van der Waals surface area contributed by atoms with Gasteiger partial charge in [-0.3, -0.25) is 9.69 Å². The molecule has 1 atom stereocenters. The van der Waals surface area contributed by atoms with E-state index in [1.807, 2.05) is 6.33 Å². The number of carbonyl (C=O) groups excluding carboxylic acids is 1. The van der Waals surface area contributed by atoms with Crippen molar-refractivity contribution in [3.05, 3.63) is 17.7 Å². The Bertz CT molecular complexity index is 653. The highest BCUT2D eigenvalue weighted by molar-refractivity contribution is 5.81. The Kier molecular flexibility index (Phi) is 4.28. The van der Waals surface area contributed by atoms with Gasteiger partial charge in [0.25, 0.3) is 0 Å². The van der Waals surface area contributed by atoms with Crippen LogP contribution >= 0.6 is 0 Å². The standard InChI is InChI=1S/C20H31N5O/c26-19(15-3-1-4-15)25-10-6-17-18(23-14-22-17)20(25)7-11-24(12-8-20)16-5-2-9-21-13-16/h14-16,21H,1-13H2,(H,22,23). The molecule has 142 valence electrons. The number of fused-ring (bicyclic) bond motifs is 2. The highest BCUT2D eigenvalue weighted by Gasteiger charge is 2.50. The van der Waals surface area contributed by atoms with Crippen molar-refractivity contribution >= 4 is 5.91 Å². The first-order valence-electron chi connectivity index (χ1n) is 10.6. The first-order chi connectivity index (χ1) is 12.8. The van der Waals surface area contributed by atoms with Gasteiger partial charge in [-0.05, 0) is 45.1 Å². The summed E-state index contributed by atoms with van der Waals surface area (Å²) in [6.45, 7) is 5.29. The van der Waals surface area contributed by atoms with Gasteiger partial charge in [0.1, 0.15) is 0 Å². The number of H-pyrrole nitrogens is 1. The first-order valence-corrected chi connectivity index (χ1v) is 10.6. The third kappa shape index (κ3) is 2.61. The molecule has 4 heterocycles. The van der Waals surface area contributed by atoms with Gasteiger partial charge in [0.2, 0.25) is 5.91 Å². The van der Waals surface area contributed by atoms with Crippen LogP contribution in [-0.2, 0) is 16.8 Å². The molecule has 1 saturated carbocycles. The number of nitrogens with zero attached hydrogens (tertiary/aromatic N) is 3. The number of aromatic amines is 1. The van der Waals surface area contributed by atoms with Gasteiger partial charge in [-0.1, -0.05) is 6.42 Å². The molecule has 5 rings (SSSR count). The number of piperidine rings is 2. The summed E-state index contributed by atoms with van der Waals surface area (Å²) in [5.41, 5.74) is 2.26. The second-order valence-electron chi connectivity index (χ2n) is 8.67. The van der Waals surface area contributed by atoms with Crippen molar-refractivity contribution in [2.24, 2.45) is 5.92 Å². The van der Waals surface area contributed by atoms with Crippen molar-refractivity contribution in [3.63, 3.8) is 0 Å². The maximum atomic E-state index is 13.2. The number of carbonyl (C=O) groups is 1. The van der Waals surface area contributed by atoms with Crippen molar-refractivity contribution in [1.29, 1.82) is 0 Å². The van der Waals surface area contributed by atoms with Crippen LogP contribution in [0, 0.1) is 5.92 Å². The van der Waals surface area contributed by atoms with Crippen LogP contribution in [0.2, 0.25) is 0 Å². The monoisotopic (exact) mass is 357 g/mol. The largest absolute Gasteiger partial charge is 0.348 e.